The summed E-state index contributed by atoms with van der Waals surface area (Å²) in [5, 5.41) is 46.6. The van der Waals surface area contributed by atoms with Crippen LogP contribution in [0.1, 0.15) is 17.5 Å². The molecule has 1 aromatic rings. The second-order valence-corrected chi connectivity index (χ2v) is 9.15. The lowest BCUT2D eigenvalue weighted by molar-refractivity contribution is -0.153. The number of aromatic hydroxyl groups is 1. The van der Waals surface area contributed by atoms with Crippen molar-refractivity contribution in [2.24, 2.45) is 17.6 Å². The molecule has 4 atom stereocenters. The Hall–Kier alpha value is -3.96. The Kier molecular flexibility index (Phi) is 5.57. The number of hydrogen-bond donors (Lipinski definition) is 6. The minimum absolute atomic E-state index is 0.00146. The number of nitrogens with two attached hydrogens (primary N) is 1. The number of phenolic OH excluding ortho intramolecular Hbond substituents is 1. The van der Waals surface area contributed by atoms with Gasteiger partial charge in [-0.05, 0) is 50.6 Å². The molecule has 1 fully saturated rings. The summed E-state index contributed by atoms with van der Waals surface area (Å²) in [6, 6.07) is 1.87. The summed E-state index contributed by atoms with van der Waals surface area (Å²) in [5.74, 6) is -7.89. The minimum Gasteiger partial charge on any atom is -0.508 e. The number of aliphatic hydroxyl groups excluding tert-OH is 2. The van der Waals surface area contributed by atoms with Gasteiger partial charge in [-0.2, -0.15) is 0 Å². The molecule has 0 bridgehead atoms. The highest BCUT2D eigenvalue weighted by atomic mass is 16.3. The van der Waals surface area contributed by atoms with E-state index in [0.29, 0.717) is 5.56 Å². The van der Waals surface area contributed by atoms with E-state index in [1.165, 1.54) is 25.1 Å². The number of carbonyl (C=O) groups is 4. The number of rotatable bonds is 4. The Morgan fingerprint density at radius 2 is 1.89 bits per heavy atom. The van der Waals surface area contributed by atoms with Gasteiger partial charge in [-0.1, -0.05) is 12.6 Å². The van der Waals surface area contributed by atoms with Crippen LogP contribution in [0.2, 0.25) is 0 Å². The number of Topliss-reactive ketones (excluding diaryl/α,β-unsaturated/α-hetero) is 2. The number of amides is 2. The van der Waals surface area contributed by atoms with Gasteiger partial charge in [-0.25, -0.2) is 0 Å². The molecule has 0 spiro atoms. The third-order valence-corrected chi connectivity index (χ3v) is 7.04. The maximum atomic E-state index is 13.7. The van der Waals surface area contributed by atoms with Crippen molar-refractivity contribution >= 4 is 34.8 Å². The molecular weight excluding hydrogens is 458 g/mol. The number of nitrogens with zero attached hydrogens (tertiary/aromatic N) is 1. The van der Waals surface area contributed by atoms with Crippen molar-refractivity contribution in [1.82, 2.24) is 4.90 Å². The van der Waals surface area contributed by atoms with Crippen LogP contribution in [-0.2, 0) is 25.6 Å². The molecule has 0 aromatic heterocycles. The number of nitrogens with one attached hydrogen (secondary N) is 1. The first-order valence-electron chi connectivity index (χ1n) is 10.8. The summed E-state index contributed by atoms with van der Waals surface area (Å²) in [5.41, 5.74) is 1.79. The Morgan fingerprint density at radius 1 is 1.23 bits per heavy atom. The number of ketones is 2. The lowest BCUT2D eigenvalue weighted by atomic mass is 9.57. The monoisotopic (exact) mass is 483 g/mol. The van der Waals surface area contributed by atoms with E-state index < -0.39 is 69.7 Å². The summed E-state index contributed by atoms with van der Waals surface area (Å²) in [6.07, 6.45) is 1.16. The number of benzene rings is 1. The number of hydrogen-bond acceptors (Lipinski definition) is 9. The van der Waals surface area contributed by atoms with Crippen molar-refractivity contribution in [3.8, 4) is 5.75 Å². The van der Waals surface area contributed by atoms with Gasteiger partial charge in [0.25, 0.3) is 5.91 Å². The van der Waals surface area contributed by atoms with Gasteiger partial charge in [0.05, 0.1) is 17.3 Å². The Bertz CT molecular complexity index is 1280. The summed E-state index contributed by atoms with van der Waals surface area (Å²) in [7, 11) is 3.06. The van der Waals surface area contributed by atoms with E-state index in [1.807, 2.05) is 0 Å². The summed E-state index contributed by atoms with van der Waals surface area (Å²) >= 11 is 0. The Morgan fingerprint density at radius 3 is 2.46 bits per heavy atom. The molecule has 0 heterocycles. The number of anilines is 1. The van der Waals surface area contributed by atoms with E-state index >= 15 is 0 Å². The van der Waals surface area contributed by atoms with Crippen molar-refractivity contribution < 1.29 is 39.6 Å². The minimum atomic E-state index is -2.70. The van der Waals surface area contributed by atoms with E-state index in [9.17, 15) is 39.6 Å². The normalized spacial score (nSPS) is 27.8. The second kappa shape index (κ2) is 8.07. The largest absolute Gasteiger partial charge is 0.508 e. The van der Waals surface area contributed by atoms with Crippen LogP contribution < -0.4 is 11.1 Å². The van der Waals surface area contributed by atoms with Gasteiger partial charge in [0.2, 0.25) is 11.7 Å². The zero-order valence-corrected chi connectivity index (χ0v) is 19.0. The van der Waals surface area contributed by atoms with Crippen molar-refractivity contribution in [1.29, 1.82) is 0 Å². The van der Waals surface area contributed by atoms with Crippen molar-refractivity contribution in [3.63, 3.8) is 0 Å². The van der Waals surface area contributed by atoms with Gasteiger partial charge < -0.3 is 31.5 Å². The number of aliphatic hydroxyl groups is 3. The van der Waals surface area contributed by atoms with Crippen molar-refractivity contribution in [2.45, 2.75) is 24.5 Å². The molecule has 3 aliphatic carbocycles. The van der Waals surface area contributed by atoms with Crippen molar-refractivity contribution in [3.05, 3.63) is 52.8 Å². The van der Waals surface area contributed by atoms with Crippen LogP contribution >= 0.6 is 0 Å². The molecule has 0 aliphatic heterocycles. The number of likely N-dealkylation sites (N-methyl/N-ethyl adjacent to an activating group) is 1. The first kappa shape index (κ1) is 24.2. The molecule has 4 unspecified atom stereocenters. The maximum Gasteiger partial charge on any atom is 0.255 e. The summed E-state index contributed by atoms with van der Waals surface area (Å²) < 4.78 is 0. The van der Waals surface area contributed by atoms with E-state index in [-0.39, 0.29) is 29.7 Å². The van der Waals surface area contributed by atoms with Crippen LogP contribution in [-0.4, -0.2) is 74.4 Å². The molecular formula is C24H25N3O8. The van der Waals surface area contributed by atoms with Gasteiger partial charge in [0.1, 0.15) is 22.8 Å². The molecule has 0 radical (unpaired) electrons. The quantitative estimate of drug-likeness (QED) is 0.196. The predicted molar refractivity (Wildman–Crippen MR) is 123 cm³/mol. The number of carbonyl (C=O) groups excluding carboxylic acids is 4. The molecule has 0 saturated heterocycles. The fourth-order valence-electron chi connectivity index (χ4n) is 5.50. The molecule has 7 N–H and O–H groups in total. The Labute approximate surface area is 199 Å². The van der Waals surface area contributed by atoms with E-state index in [4.69, 9.17) is 5.73 Å². The first-order chi connectivity index (χ1) is 16.4. The van der Waals surface area contributed by atoms with Crippen LogP contribution in [0.25, 0.3) is 5.76 Å². The second-order valence-electron chi connectivity index (χ2n) is 9.15. The molecule has 11 heteroatoms. The number of fused-ring (bicyclic) bond motifs is 3. The zero-order valence-electron chi connectivity index (χ0n) is 19.0. The van der Waals surface area contributed by atoms with Gasteiger partial charge in [0.15, 0.2) is 11.4 Å². The Balaban J connectivity index is 1.92. The van der Waals surface area contributed by atoms with Crippen LogP contribution in [0.15, 0.2) is 41.7 Å². The van der Waals surface area contributed by atoms with Crippen molar-refractivity contribution in [2.75, 3.05) is 19.4 Å². The third-order valence-electron chi connectivity index (χ3n) is 7.04. The zero-order chi connectivity index (χ0) is 26.0. The van der Waals surface area contributed by atoms with E-state index in [0.717, 1.165) is 6.08 Å². The number of primary amides is 1. The average Bonchev–Trinajstić information content (AvgIpc) is 2.77. The van der Waals surface area contributed by atoms with Gasteiger partial charge in [-0.3, -0.25) is 24.1 Å². The molecule has 4 rings (SSSR count). The fraction of sp³-hybridized carbons (Fsp3) is 0.333. The smallest absolute Gasteiger partial charge is 0.255 e. The summed E-state index contributed by atoms with van der Waals surface area (Å²) in [6.45, 7) is 3.33. The topological polar surface area (TPSA) is 190 Å². The molecule has 3 aliphatic rings. The van der Waals surface area contributed by atoms with Crippen LogP contribution in [0.5, 0.6) is 5.75 Å². The van der Waals surface area contributed by atoms with Crippen LogP contribution in [0.4, 0.5) is 5.69 Å². The van der Waals surface area contributed by atoms with Gasteiger partial charge in [0, 0.05) is 11.5 Å². The average molecular weight is 483 g/mol. The molecule has 1 aromatic carbocycles. The van der Waals surface area contributed by atoms with Gasteiger partial charge >= 0.3 is 0 Å². The summed E-state index contributed by atoms with van der Waals surface area (Å²) in [4.78, 5) is 51.8. The lowest BCUT2D eigenvalue weighted by Gasteiger charge is -2.50. The SMILES string of the molecule is C=CC(=O)Nc1ccc2c(c1O)C(O)=C1C(=O)C3(O)C(O)=C(C(N)=O)C(=O)C(N(C)C)C3CC1C2. The highest BCUT2D eigenvalue weighted by Gasteiger charge is 2.64. The molecule has 11 nitrogen and oxygen atoms in total. The van der Waals surface area contributed by atoms with Crippen LogP contribution in [0.3, 0.4) is 0 Å². The molecule has 2 amide bonds. The highest BCUT2D eigenvalue weighted by molar-refractivity contribution is 6.24. The van der Waals surface area contributed by atoms with E-state index in [2.05, 4.69) is 11.9 Å². The van der Waals surface area contributed by atoms with Gasteiger partial charge in [-0.15, -0.1) is 0 Å². The van der Waals surface area contributed by atoms with E-state index in [1.54, 1.807) is 6.07 Å². The maximum absolute atomic E-state index is 13.7. The third kappa shape index (κ3) is 3.27. The molecule has 184 valence electrons. The predicted octanol–water partition coefficient (Wildman–Crippen LogP) is 0.0885. The fourth-order valence-corrected chi connectivity index (χ4v) is 5.50. The number of phenols is 1. The van der Waals surface area contributed by atoms with Crippen LogP contribution in [0, 0.1) is 11.8 Å². The first-order valence-corrected chi connectivity index (χ1v) is 10.8. The lowest BCUT2D eigenvalue weighted by Crippen LogP contribution is -2.65. The standard InChI is InChI=1S/C24H25N3O8/c1-4-13(28)26-12-6-5-9-7-10-8-11-17(27(2)3)20(31)16(23(25)34)22(33)24(11,35)21(32)15(10)19(30)14(9)18(12)29/h4-6,10-11,17,29-30,33,35H,1,7-8H2,2-3H3,(H2,25,34)(H,26,28). The highest BCUT2D eigenvalue weighted by Crippen LogP contribution is 2.53. The molecule has 1 saturated carbocycles. The molecule has 35 heavy (non-hydrogen) atoms.